The number of thiocarbonyl (C=S) groups is 1. The van der Waals surface area contributed by atoms with Gasteiger partial charge in [0.2, 0.25) is 0 Å². The number of rotatable bonds is 4. The number of hydrogen-bond donors (Lipinski definition) is 1. The van der Waals surface area contributed by atoms with Crippen LogP contribution in [0, 0.1) is 0 Å². The predicted octanol–water partition coefficient (Wildman–Crippen LogP) is 1.33. The minimum Gasteiger partial charge on any atom is -0.389 e. The number of ether oxygens (including phenoxy) is 1. The molecule has 2 N–H and O–H groups in total. The standard InChI is InChI=1S/C12H17N3OS/c1-15(8-10-3-2-6-16-10)11-5-4-9(7-14-11)12(13)17/h4-5,7,10H,2-3,6,8H2,1H3,(H2,13,17). The van der Waals surface area contributed by atoms with Crippen molar-refractivity contribution in [2.45, 2.75) is 18.9 Å². The van der Waals surface area contributed by atoms with Gasteiger partial charge in [-0.25, -0.2) is 4.98 Å². The Hall–Kier alpha value is -1.20. The lowest BCUT2D eigenvalue weighted by Gasteiger charge is -2.21. The molecule has 2 heterocycles. The van der Waals surface area contributed by atoms with Crippen molar-refractivity contribution >= 4 is 23.0 Å². The average molecular weight is 251 g/mol. The van der Waals surface area contributed by atoms with Crippen LogP contribution in [0.15, 0.2) is 18.3 Å². The molecule has 1 aliphatic rings. The first kappa shape index (κ1) is 12.3. The third-order valence-corrected chi connectivity index (χ3v) is 3.16. The summed E-state index contributed by atoms with van der Waals surface area (Å²) < 4.78 is 5.60. The summed E-state index contributed by atoms with van der Waals surface area (Å²) in [5.74, 6) is 0.917. The number of anilines is 1. The van der Waals surface area contributed by atoms with E-state index in [0.717, 1.165) is 37.4 Å². The Kier molecular flexibility index (Phi) is 3.91. The van der Waals surface area contributed by atoms with Gasteiger partial charge in [0.25, 0.3) is 0 Å². The van der Waals surface area contributed by atoms with Crippen molar-refractivity contribution in [2.24, 2.45) is 5.73 Å². The fourth-order valence-corrected chi connectivity index (χ4v) is 2.07. The molecular weight excluding hydrogens is 234 g/mol. The Morgan fingerprint density at radius 2 is 2.47 bits per heavy atom. The molecule has 1 aromatic rings. The highest BCUT2D eigenvalue weighted by Crippen LogP contribution is 2.16. The second-order valence-electron chi connectivity index (χ2n) is 4.28. The summed E-state index contributed by atoms with van der Waals surface area (Å²) in [6.07, 6.45) is 4.34. The Morgan fingerprint density at radius 1 is 1.65 bits per heavy atom. The van der Waals surface area contributed by atoms with E-state index >= 15 is 0 Å². The van der Waals surface area contributed by atoms with Crippen molar-refractivity contribution < 1.29 is 4.74 Å². The van der Waals surface area contributed by atoms with Gasteiger partial charge in [-0.3, -0.25) is 0 Å². The van der Waals surface area contributed by atoms with Gasteiger partial charge in [0.15, 0.2) is 0 Å². The van der Waals surface area contributed by atoms with Crippen LogP contribution in [0.3, 0.4) is 0 Å². The first-order chi connectivity index (χ1) is 8.16. The van der Waals surface area contributed by atoms with Crippen molar-refractivity contribution in [1.82, 2.24) is 4.98 Å². The predicted molar refractivity (Wildman–Crippen MR) is 72.4 cm³/mol. The van der Waals surface area contributed by atoms with E-state index in [2.05, 4.69) is 9.88 Å². The van der Waals surface area contributed by atoms with Gasteiger partial charge in [-0.15, -0.1) is 0 Å². The molecular formula is C12H17N3OS. The lowest BCUT2D eigenvalue weighted by Crippen LogP contribution is -2.29. The maximum absolute atomic E-state index is 5.60. The van der Waals surface area contributed by atoms with Gasteiger partial charge in [0.1, 0.15) is 10.8 Å². The van der Waals surface area contributed by atoms with Crippen molar-refractivity contribution in [1.29, 1.82) is 0 Å². The highest BCUT2D eigenvalue weighted by atomic mass is 32.1. The van der Waals surface area contributed by atoms with Crippen molar-refractivity contribution in [2.75, 3.05) is 25.1 Å². The van der Waals surface area contributed by atoms with Gasteiger partial charge in [-0.1, -0.05) is 12.2 Å². The second kappa shape index (κ2) is 5.42. The summed E-state index contributed by atoms with van der Waals surface area (Å²) in [6, 6.07) is 3.83. The van der Waals surface area contributed by atoms with Crippen LogP contribution < -0.4 is 10.6 Å². The molecule has 1 aromatic heterocycles. The summed E-state index contributed by atoms with van der Waals surface area (Å²) in [6.45, 7) is 1.76. The molecule has 0 spiro atoms. The third-order valence-electron chi connectivity index (χ3n) is 2.92. The van der Waals surface area contributed by atoms with E-state index in [0.29, 0.717) is 11.1 Å². The van der Waals surface area contributed by atoms with Crippen LogP contribution in [0.2, 0.25) is 0 Å². The van der Waals surface area contributed by atoms with Crippen LogP contribution in [-0.4, -0.2) is 36.3 Å². The lowest BCUT2D eigenvalue weighted by molar-refractivity contribution is 0.116. The van der Waals surface area contributed by atoms with Gasteiger partial charge < -0.3 is 15.4 Å². The molecule has 1 fully saturated rings. The number of nitrogens with two attached hydrogens (primary N) is 1. The zero-order chi connectivity index (χ0) is 12.3. The fourth-order valence-electron chi connectivity index (χ4n) is 1.94. The van der Waals surface area contributed by atoms with Crippen LogP contribution >= 0.6 is 12.2 Å². The molecule has 1 unspecified atom stereocenters. The Balaban J connectivity index is 1.98. The quantitative estimate of drug-likeness (QED) is 0.818. The molecule has 0 aromatic carbocycles. The van der Waals surface area contributed by atoms with E-state index in [9.17, 15) is 0 Å². The minimum absolute atomic E-state index is 0.331. The molecule has 0 amide bonds. The van der Waals surface area contributed by atoms with Gasteiger partial charge in [0, 0.05) is 32.0 Å². The Bertz CT molecular complexity index is 387. The zero-order valence-corrected chi connectivity index (χ0v) is 10.7. The van der Waals surface area contributed by atoms with Gasteiger partial charge in [0.05, 0.1) is 6.10 Å². The maximum Gasteiger partial charge on any atom is 0.128 e. The number of aromatic nitrogens is 1. The van der Waals surface area contributed by atoms with Crippen LogP contribution in [0.4, 0.5) is 5.82 Å². The van der Waals surface area contributed by atoms with Crippen LogP contribution in [0.5, 0.6) is 0 Å². The smallest absolute Gasteiger partial charge is 0.128 e. The summed E-state index contributed by atoms with van der Waals surface area (Å²) in [7, 11) is 2.02. The third kappa shape index (κ3) is 3.14. The monoisotopic (exact) mass is 251 g/mol. The zero-order valence-electron chi connectivity index (χ0n) is 9.93. The maximum atomic E-state index is 5.60. The van der Waals surface area contributed by atoms with Gasteiger partial charge in [-0.2, -0.15) is 0 Å². The second-order valence-corrected chi connectivity index (χ2v) is 4.72. The van der Waals surface area contributed by atoms with E-state index in [1.165, 1.54) is 0 Å². The normalized spacial score (nSPS) is 19.2. The molecule has 4 nitrogen and oxygen atoms in total. The van der Waals surface area contributed by atoms with Gasteiger partial charge >= 0.3 is 0 Å². The lowest BCUT2D eigenvalue weighted by atomic mass is 10.2. The van der Waals surface area contributed by atoms with E-state index in [1.807, 2.05) is 19.2 Å². The molecule has 1 aliphatic heterocycles. The number of nitrogens with zero attached hydrogens (tertiary/aromatic N) is 2. The van der Waals surface area contributed by atoms with Crippen molar-refractivity contribution in [3.8, 4) is 0 Å². The first-order valence-electron chi connectivity index (χ1n) is 5.75. The SMILES string of the molecule is CN(CC1CCCO1)c1ccc(C(N)=S)cn1. The van der Waals surface area contributed by atoms with Crippen LogP contribution in [0.1, 0.15) is 18.4 Å². The Labute approximate surface area is 107 Å². The molecule has 0 aliphatic carbocycles. The van der Waals surface area contributed by atoms with E-state index in [1.54, 1.807) is 6.20 Å². The van der Waals surface area contributed by atoms with Gasteiger partial charge in [-0.05, 0) is 25.0 Å². The summed E-state index contributed by atoms with van der Waals surface area (Å²) in [5, 5.41) is 0. The first-order valence-corrected chi connectivity index (χ1v) is 6.16. The number of hydrogen-bond acceptors (Lipinski definition) is 4. The molecule has 17 heavy (non-hydrogen) atoms. The minimum atomic E-state index is 0.331. The van der Waals surface area contributed by atoms with E-state index < -0.39 is 0 Å². The highest BCUT2D eigenvalue weighted by Gasteiger charge is 2.17. The number of likely N-dealkylation sites (N-methyl/N-ethyl adjacent to an activating group) is 1. The van der Waals surface area contributed by atoms with Crippen LogP contribution in [0.25, 0.3) is 0 Å². The molecule has 1 atom stereocenters. The fraction of sp³-hybridized carbons (Fsp3) is 0.500. The summed E-state index contributed by atoms with van der Waals surface area (Å²) in [5.41, 5.74) is 6.33. The molecule has 0 bridgehead atoms. The Morgan fingerprint density at radius 3 is 3.00 bits per heavy atom. The average Bonchev–Trinajstić information content (AvgIpc) is 2.82. The topological polar surface area (TPSA) is 51.4 Å². The highest BCUT2D eigenvalue weighted by molar-refractivity contribution is 7.80. The molecule has 1 saturated heterocycles. The molecule has 0 saturated carbocycles. The van der Waals surface area contributed by atoms with Crippen molar-refractivity contribution in [3.05, 3.63) is 23.9 Å². The molecule has 92 valence electrons. The largest absolute Gasteiger partial charge is 0.389 e. The molecule has 0 radical (unpaired) electrons. The van der Waals surface area contributed by atoms with E-state index in [-0.39, 0.29) is 0 Å². The summed E-state index contributed by atoms with van der Waals surface area (Å²) >= 11 is 4.89. The van der Waals surface area contributed by atoms with E-state index in [4.69, 9.17) is 22.7 Å². The van der Waals surface area contributed by atoms with Crippen molar-refractivity contribution in [3.63, 3.8) is 0 Å². The molecule has 2 rings (SSSR count). The number of pyridine rings is 1. The molecule has 5 heteroatoms. The van der Waals surface area contributed by atoms with Crippen LogP contribution in [-0.2, 0) is 4.74 Å². The summed E-state index contributed by atoms with van der Waals surface area (Å²) in [4.78, 5) is 6.82.